The second-order valence-corrected chi connectivity index (χ2v) is 3.68. The summed E-state index contributed by atoms with van der Waals surface area (Å²) in [7, 11) is 0. The molecule has 1 aromatic heterocycles. The zero-order valence-corrected chi connectivity index (χ0v) is 9.54. The summed E-state index contributed by atoms with van der Waals surface area (Å²) in [4.78, 5) is 3.96. The van der Waals surface area contributed by atoms with E-state index >= 15 is 0 Å². The van der Waals surface area contributed by atoms with Crippen LogP contribution in [0.5, 0.6) is 0 Å². The van der Waals surface area contributed by atoms with Gasteiger partial charge in [0, 0.05) is 17.1 Å². The van der Waals surface area contributed by atoms with Gasteiger partial charge >= 0.3 is 0 Å². The van der Waals surface area contributed by atoms with Crippen molar-refractivity contribution in [1.82, 2.24) is 4.98 Å². The third kappa shape index (κ3) is 2.07. The van der Waals surface area contributed by atoms with Crippen LogP contribution in [0, 0.1) is 5.82 Å². The van der Waals surface area contributed by atoms with Gasteiger partial charge in [0.1, 0.15) is 0 Å². The molecule has 0 saturated carbocycles. The molecule has 15 heavy (non-hydrogen) atoms. The van der Waals surface area contributed by atoms with E-state index in [1.807, 2.05) is 30.3 Å². The van der Waals surface area contributed by atoms with Crippen molar-refractivity contribution in [3.8, 4) is 11.1 Å². The molecule has 0 saturated heterocycles. The summed E-state index contributed by atoms with van der Waals surface area (Å²) in [6, 6.07) is 11.2. The van der Waals surface area contributed by atoms with Crippen LogP contribution in [0.15, 0.2) is 42.6 Å². The number of hydrogen-bond donors (Lipinski definition) is 0. The van der Waals surface area contributed by atoms with E-state index < -0.39 is 0 Å². The van der Waals surface area contributed by atoms with Gasteiger partial charge in [0.2, 0.25) is 0 Å². The predicted octanol–water partition coefficient (Wildman–Crippen LogP) is 3.78. The SMILES string of the molecule is Fc1c(-c2ccccc2)ccnc1CBr. The van der Waals surface area contributed by atoms with Crippen LogP contribution in [-0.2, 0) is 5.33 Å². The Hall–Kier alpha value is -1.22. The first kappa shape index (κ1) is 10.3. The first-order valence-corrected chi connectivity index (χ1v) is 5.70. The zero-order chi connectivity index (χ0) is 10.7. The number of rotatable bonds is 2. The van der Waals surface area contributed by atoms with Gasteiger partial charge in [0.25, 0.3) is 0 Å². The standard InChI is InChI=1S/C12H9BrFN/c13-8-11-12(14)10(6-7-15-11)9-4-2-1-3-5-9/h1-7H,8H2. The molecule has 2 rings (SSSR count). The molecule has 0 aliphatic heterocycles. The number of benzene rings is 1. The number of aromatic nitrogens is 1. The fourth-order valence-electron chi connectivity index (χ4n) is 1.42. The van der Waals surface area contributed by atoms with Crippen LogP contribution in [-0.4, -0.2) is 4.98 Å². The lowest BCUT2D eigenvalue weighted by Crippen LogP contribution is -1.94. The lowest BCUT2D eigenvalue weighted by molar-refractivity contribution is 0.612. The maximum atomic E-state index is 13.9. The van der Waals surface area contributed by atoms with Crippen molar-refractivity contribution < 1.29 is 4.39 Å². The fraction of sp³-hybridized carbons (Fsp3) is 0.0833. The Morgan fingerprint density at radius 3 is 2.53 bits per heavy atom. The molecule has 3 heteroatoms. The van der Waals surface area contributed by atoms with E-state index in [0.717, 1.165) is 5.56 Å². The van der Waals surface area contributed by atoms with Crippen LogP contribution in [0.4, 0.5) is 4.39 Å². The molecule has 1 nitrogen and oxygen atoms in total. The molecular weight excluding hydrogens is 257 g/mol. The number of hydrogen-bond acceptors (Lipinski definition) is 1. The van der Waals surface area contributed by atoms with Gasteiger partial charge in [-0.3, -0.25) is 4.98 Å². The minimum absolute atomic E-state index is 0.249. The molecule has 0 radical (unpaired) electrons. The largest absolute Gasteiger partial charge is 0.257 e. The van der Waals surface area contributed by atoms with Gasteiger partial charge in [-0.25, -0.2) is 4.39 Å². The van der Waals surface area contributed by atoms with E-state index in [-0.39, 0.29) is 5.82 Å². The summed E-state index contributed by atoms with van der Waals surface area (Å²) in [5.74, 6) is -0.249. The van der Waals surface area contributed by atoms with Gasteiger partial charge in [-0.05, 0) is 11.6 Å². The summed E-state index contributed by atoms with van der Waals surface area (Å²) in [6.45, 7) is 0. The second-order valence-electron chi connectivity index (χ2n) is 3.12. The van der Waals surface area contributed by atoms with Crippen LogP contribution in [0.2, 0.25) is 0 Å². The molecule has 1 heterocycles. The van der Waals surface area contributed by atoms with E-state index in [4.69, 9.17) is 0 Å². The smallest absolute Gasteiger partial charge is 0.153 e. The number of nitrogens with zero attached hydrogens (tertiary/aromatic N) is 1. The molecule has 0 unspecified atom stereocenters. The van der Waals surface area contributed by atoms with Crippen LogP contribution in [0.25, 0.3) is 11.1 Å². The Morgan fingerprint density at radius 2 is 1.87 bits per heavy atom. The average Bonchev–Trinajstić information content (AvgIpc) is 2.30. The molecule has 0 atom stereocenters. The van der Waals surface area contributed by atoms with Crippen molar-refractivity contribution in [2.24, 2.45) is 0 Å². The van der Waals surface area contributed by atoms with Crippen molar-refractivity contribution in [2.45, 2.75) is 5.33 Å². The minimum Gasteiger partial charge on any atom is -0.257 e. The van der Waals surface area contributed by atoms with Gasteiger partial charge in [-0.15, -0.1) is 0 Å². The highest BCUT2D eigenvalue weighted by Gasteiger charge is 2.09. The molecule has 76 valence electrons. The van der Waals surface area contributed by atoms with E-state index in [9.17, 15) is 4.39 Å². The molecule has 0 aliphatic rings. The lowest BCUT2D eigenvalue weighted by Gasteiger charge is -2.05. The highest BCUT2D eigenvalue weighted by atomic mass is 79.9. The monoisotopic (exact) mass is 265 g/mol. The van der Waals surface area contributed by atoms with Crippen molar-refractivity contribution in [2.75, 3.05) is 0 Å². The maximum Gasteiger partial charge on any atom is 0.153 e. The normalized spacial score (nSPS) is 10.3. The van der Waals surface area contributed by atoms with Crippen LogP contribution >= 0.6 is 15.9 Å². The average molecular weight is 266 g/mol. The van der Waals surface area contributed by atoms with E-state index in [2.05, 4.69) is 20.9 Å². The maximum absolute atomic E-state index is 13.9. The molecule has 2 aromatic rings. The van der Waals surface area contributed by atoms with E-state index in [1.165, 1.54) is 0 Å². The first-order chi connectivity index (χ1) is 7.33. The molecule has 0 bridgehead atoms. The highest BCUT2D eigenvalue weighted by molar-refractivity contribution is 9.08. The Balaban J connectivity index is 2.54. The Kier molecular flexibility index (Phi) is 3.11. The number of alkyl halides is 1. The Morgan fingerprint density at radius 1 is 1.13 bits per heavy atom. The molecular formula is C12H9BrFN. The fourth-order valence-corrected chi connectivity index (χ4v) is 1.81. The summed E-state index contributed by atoms with van der Waals surface area (Å²) >= 11 is 3.21. The molecule has 0 spiro atoms. The summed E-state index contributed by atoms with van der Waals surface area (Å²) in [5.41, 5.74) is 1.91. The molecule has 0 N–H and O–H groups in total. The van der Waals surface area contributed by atoms with Crippen molar-refractivity contribution in [3.05, 3.63) is 54.1 Å². The summed E-state index contributed by atoms with van der Waals surface area (Å²) in [6.07, 6.45) is 1.63. The minimum atomic E-state index is -0.249. The molecule has 0 aliphatic carbocycles. The molecule has 0 amide bonds. The van der Waals surface area contributed by atoms with Gasteiger partial charge in [-0.2, -0.15) is 0 Å². The van der Waals surface area contributed by atoms with Gasteiger partial charge < -0.3 is 0 Å². The zero-order valence-electron chi connectivity index (χ0n) is 7.95. The van der Waals surface area contributed by atoms with E-state index in [1.54, 1.807) is 12.3 Å². The summed E-state index contributed by atoms with van der Waals surface area (Å²) < 4.78 is 13.9. The highest BCUT2D eigenvalue weighted by Crippen LogP contribution is 2.24. The van der Waals surface area contributed by atoms with Crippen LogP contribution in [0.1, 0.15) is 5.69 Å². The van der Waals surface area contributed by atoms with Gasteiger partial charge in [0.15, 0.2) is 5.82 Å². The number of halogens is 2. The van der Waals surface area contributed by atoms with Crippen LogP contribution in [0.3, 0.4) is 0 Å². The third-order valence-corrected chi connectivity index (χ3v) is 2.70. The van der Waals surface area contributed by atoms with Crippen molar-refractivity contribution in [1.29, 1.82) is 0 Å². The topological polar surface area (TPSA) is 12.9 Å². The van der Waals surface area contributed by atoms with Crippen molar-refractivity contribution >= 4 is 15.9 Å². The first-order valence-electron chi connectivity index (χ1n) is 4.57. The van der Waals surface area contributed by atoms with Gasteiger partial charge in [-0.1, -0.05) is 46.3 Å². The molecule has 1 aromatic carbocycles. The van der Waals surface area contributed by atoms with Gasteiger partial charge in [0.05, 0.1) is 5.69 Å². The third-order valence-electron chi connectivity index (χ3n) is 2.17. The van der Waals surface area contributed by atoms with E-state index in [0.29, 0.717) is 16.6 Å². The Bertz CT molecular complexity index is 456. The molecule has 0 fully saturated rings. The quantitative estimate of drug-likeness (QED) is 0.754. The Labute approximate surface area is 96.1 Å². The van der Waals surface area contributed by atoms with Crippen molar-refractivity contribution in [3.63, 3.8) is 0 Å². The van der Waals surface area contributed by atoms with Crippen LogP contribution < -0.4 is 0 Å². The predicted molar refractivity (Wildman–Crippen MR) is 62.3 cm³/mol. The number of pyridine rings is 1. The summed E-state index contributed by atoms with van der Waals surface area (Å²) in [5, 5.41) is 0.430. The lowest BCUT2D eigenvalue weighted by atomic mass is 10.1. The second kappa shape index (κ2) is 4.53.